The summed E-state index contributed by atoms with van der Waals surface area (Å²) >= 11 is 6.76. The minimum absolute atomic E-state index is 0.0361. The van der Waals surface area contributed by atoms with Crippen molar-refractivity contribution in [1.82, 2.24) is 0 Å². The predicted octanol–water partition coefficient (Wildman–Crippen LogP) is 5.48. The zero-order valence-corrected chi connectivity index (χ0v) is 15.8. The number of hydrogen-bond donors (Lipinski definition) is 1. The van der Waals surface area contributed by atoms with Gasteiger partial charge in [-0.3, -0.25) is 4.79 Å². The number of thioether (sulfide) groups is 1. The van der Waals surface area contributed by atoms with Crippen molar-refractivity contribution in [1.29, 1.82) is 5.26 Å². The highest BCUT2D eigenvalue weighted by molar-refractivity contribution is 9.11. The van der Waals surface area contributed by atoms with Crippen molar-refractivity contribution in [3.05, 3.63) is 45.1 Å². The molecule has 1 amide bonds. The van der Waals surface area contributed by atoms with Crippen molar-refractivity contribution in [2.75, 3.05) is 11.1 Å². The molecular formula is C17H17BrN2OS2. The highest BCUT2D eigenvalue weighted by Crippen LogP contribution is 2.28. The molecule has 2 aromatic rings. The number of nitrogens with zero attached hydrogens (tertiary/aromatic N) is 1. The lowest BCUT2D eigenvalue weighted by Crippen LogP contribution is -2.12. The number of hydrogen-bond acceptors (Lipinski definition) is 4. The number of anilines is 1. The first kappa shape index (κ1) is 18.1. The number of carbonyl (C=O) groups is 1. The lowest BCUT2D eigenvalue weighted by Gasteiger charge is -2.10. The number of para-hydroxylation sites is 1. The van der Waals surface area contributed by atoms with Crippen LogP contribution in [0.1, 0.15) is 24.1 Å². The number of nitriles is 1. The number of benzene rings is 1. The van der Waals surface area contributed by atoms with Crippen LogP contribution in [0.25, 0.3) is 0 Å². The third-order valence-corrected chi connectivity index (χ3v) is 5.85. The van der Waals surface area contributed by atoms with Gasteiger partial charge in [-0.05, 0) is 53.0 Å². The van der Waals surface area contributed by atoms with Crippen LogP contribution in [0.4, 0.5) is 5.69 Å². The molecule has 1 aromatic heterocycles. The fourth-order valence-electron chi connectivity index (χ4n) is 2.02. The van der Waals surface area contributed by atoms with E-state index >= 15 is 0 Å². The summed E-state index contributed by atoms with van der Waals surface area (Å²) < 4.78 is 1.13. The molecule has 0 unspecified atom stereocenters. The second-order valence-corrected chi connectivity index (χ2v) is 8.54. The highest BCUT2D eigenvalue weighted by atomic mass is 79.9. The summed E-state index contributed by atoms with van der Waals surface area (Å²) in [4.78, 5) is 14.4. The number of thiophene rings is 1. The first-order valence-corrected chi connectivity index (χ1v) is 9.91. The standard InChI is InChI=1S/C17H17BrN2OS2/c18-16-10-9-13(23-16)5-3-8-17(21)20-14-6-1-2-7-15(14)22-12-4-11-19/h1-2,6-7,9-10H,3-5,8,12H2,(H,20,21). The second-order valence-electron chi connectivity index (χ2n) is 4.86. The van der Waals surface area contributed by atoms with E-state index in [2.05, 4.69) is 33.4 Å². The molecule has 0 saturated carbocycles. The summed E-state index contributed by atoms with van der Waals surface area (Å²) in [6.45, 7) is 0. The molecule has 0 saturated heterocycles. The molecule has 0 atom stereocenters. The van der Waals surface area contributed by atoms with Crippen molar-refractivity contribution in [3.8, 4) is 6.07 Å². The number of rotatable bonds is 8. The molecule has 2 rings (SSSR count). The van der Waals surface area contributed by atoms with E-state index in [1.807, 2.05) is 30.3 Å². The van der Waals surface area contributed by atoms with Crippen LogP contribution >= 0.6 is 39.0 Å². The molecule has 6 heteroatoms. The molecule has 0 aliphatic heterocycles. The topological polar surface area (TPSA) is 52.9 Å². The van der Waals surface area contributed by atoms with Crippen LogP contribution in [0.5, 0.6) is 0 Å². The van der Waals surface area contributed by atoms with Gasteiger partial charge in [0, 0.05) is 28.4 Å². The lowest BCUT2D eigenvalue weighted by atomic mass is 10.2. The van der Waals surface area contributed by atoms with Crippen molar-refractivity contribution in [3.63, 3.8) is 0 Å². The Morgan fingerprint density at radius 1 is 1.30 bits per heavy atom. The fourth-order valence-corrected chi connectivity index (χ4v) is 4.41. The Morgan fingerprint density at radius 3 is 2.87 bits per heavy atom. The Bertz CT molecular complexity index is 694. The molecule has 0 fully saturated rings. The predicted molar refractivity (Wildman–Crippen MR) is 101 cm³/mol. The maximum absolute atomic E-state index is 12.1. The number of nitrogens with one attached hydrogen (secondary N) is 1. The zero-order chi connectivity index (χ0) is 16.5. The molecule has 120 valence electrons. The van der Waals surface area contributed by atoms with Gasteiger partial charge < -0.3 is 5.32 Å². The smallest absolute Gasteiger partial charge is 0.224 e. The first-order chi connectivity index (χ1) is 11.2. The maximum atomic E-state index is 12.1. The van der Waals surface area contributed by atoms with E-state index in [4.69, 9.17) is 5.26 Å². The minimum atomic E-state index is 0.0361. The molecule has 1 heterocycles. The first-order valence-electron chi connectivity index (χ1n) is 7.32. The van der Waals surface area contributed by atoms with Crippen LogP contribution in [-0.2, 0) is 11.2 Å². The monoisotopic (exact) mass is 408 g/mol. The third-order valence-electron chi connectivity index (χ3n) is 3.09. The number of carbonyl (C=O) groups excluding carboxylic acids is 1. The van der Waals surface area contributed by atoms with Gasteiger partial charge in [-0.15, -0.1) is 23.1 Å². The maximum Gasteiger partial charge on any atom is 0.224 e. The highest BCUT2D eigenvalue weighted by Gasteiger charge is 2.07. The quantitative estimate of drug-likeness (QED) is 0.464. The van der Waals surface area contributed by atoms with Crippen LogP contribution in [0, 0.1) is 11.3 Å². The molecule has 3 nitrogen and oxygen atoms in total. The van der Waals surface area contributed by atoms with Crippen LogP contribution < -0.4 is 5.32 Å². The van der Waals surface area contributed by atoms with E-state index in [-0.39, 0.29) is 5.91 Å². The molecule has 0 aliphatic rings. The molecule has 0 bridgehead atoms. The lowest BCUT2D eigenvalue weighted by molar-refractivity contribution is -0.116. The van der Waals surface area contributed by atoms with Gasteiger partial charge in [0.05, 0.1) is 15.5 Å². The Balaban J connectivity index is 1.81. The fraction of sp³-hybridized carbons (Fsp3) is 0.294. The van der Waals surface area contributed by atoms with Gasteiger partial charge >= 0.3 is 0 Å². The Kier molecular flexibility index (Phi) is 7.66. The average molecular weight is 409 g/mol. The molecule has 1 N–H and O–H groups in total. The molecule has 0 spiro atoms. The van der Waals surface area contributed by atoms with E-state index in [9.17, 15) is 4.79 Å². The summed E-state index contributed by atoms with van der Waals surface area (Å²) in [6, 6.07) is 14.0. The van der Waals surface area contributed by atoms with E-state index in [1.165, 1.54) is 4.88 Å². The summed E-state index contributed by atoms with van der Waals surface area (Å²) in [7, 11) is 0. The molecule has 0 aliphatic carbocycles. The largest absolute Gasteiger partial charge is 0.325 e. The van der Waals surface area contributed by atoms with E-state index in [0.717, 1.165) is 33.0 Å². The van der Waals surface area contributed by atoms with Crippen LogP contribution in [-0.4, -0.2) is 11.7 Å². The van der Waals surface area contributed by atoms with Gasteiger partial charge in [0.15, 0.2) is 0 Å². The Hall–Kier alpha value is -1.29. The van der Waals surface area contributed by atoms with Gasteiger partial charge in [0.1, 0.15) is 0 Å². The van der Waals surface area contributed by atoms with Gasteiger partial charge in [0.2, 0.25) is 5.91 Å². The number of aryl methyl sites for hydroxylation is 1. The molecule has 23 heavy (non-hydrogen) atoms. The van der Waals surface area contributed by atoms with E-state index in [0.29, 0.717) is 12.8 Å². The van der Waals surface area contributed by atoms with E-state index < -0.39 is 0 Å². The van der Waals surface area contributed by atoms with Gasteiger partial charge in [-0.25, -0.2) is 0 Å². The number of amides is 1. The zero-order valence-electron chi connectivity index (χ0n) is 12.5. The van der Waals surface area contributed by atoms with Gasteiger partial charge in [0.25, 0.3) is 0 Å². The van der Waals surface area contributed by atoms with E-state index in [1.54, 1.807) is 23.1 Å². The molecular weight excluding hydrogens is 392 g/mol. The summed E-state index contributed by atoms with van der Waals surface area (Å²) in [5, 5.41) is 11.6. The number of halogens is 1. The molecule has 0 radical (unpaired) electrons. The Labute approximate surface area is 153 Å². The van der Waals surface area contributed by atoms with Crippen molar-refractivity contribution in [2.24, 2.45) is 0 Å². The van der Waals surface area contributed by atoms with Crippen LogP contribution in [0.2, 0.25) is 0 Å². The van der Waals surface area contributed by atoms with Crippen molar-refractivity contribution in [2.45, 2.75) is 30.6 Å². The van der Waals surface area contributed by atoms with Crippen LogP contribution in [0.3, 0.4) is 0 Å². The second kappa shape index (κ2) is 9.76. The van der Waals surface area contributed by atoms with Crippen molar-refractivity contribution >= 4 is 50.6 Å². The Morgan fingerprint density at radius 2 is 2.13 bits per heavy atom. The SMILES string of the molecule is N#CCCSc1ccccc1NC(=O)CCCc1ccc(Br)s1. The average Bonchev–Trinajstić information content (AvgIpc) is 2.95. The third kappa shape index (κ3) is 6.38. The summed E-state index contributed by atoms with van der Waals surface area (Å²) in [6.07, 6.45) is 2.76. The summed E-state index contributed by atoms with van der Waals surface area (Å²) in [5.74, 6) is 0.769. The molecule has 1 aromatic carbocycles. The van der Waals surface area contributed by atoms with Crippen molar-refractivity contribution < 1.29 is 4.79 Å². The van der Waals surface area contributed by atoms with Gasteiger partial charge in [-0.1, -0.05) is 12.1 Å². The summed E-state index contributed by atoms with van der Waals surface area (Å²) in [5.41, 5.74) is 0.833. The normalized spacial score (nSPS) is 10.3. The minimum Gasteiger partial charge on any atom is -0.325 e. The van der Waals surface area contributed by atoms with Crippen LogP contribution in [0.15, 0.2) is 45.1 Å². The van der Waals surface area contributed by atoms with Gasteiger partial charge in [-0.2, -0.15) is 5.26 Å².